The number of hydrogen-bond donors (Lipinski definition) is 1. The highest BCUT2D eigenvalue weighted by Crippen LogP contribution is 2.35. The third kappa shape index (κ3) is 3.87. The fourth-order valence-corrected chi connectivity index (χ4v) is 2.46. The molecule has 0 saturated carbocycles. The van der Waals surface area contributed by atoms with Gasteiger partial charge in [0.05, 0.1) is 5.56 Å². The number of carbonyl (C=O) groups excluding carboxylic acids is 1. The van der Waals surface area contributed by atoms with Crippen LogP contribution in [0.15, 0.2) is 24.3 Å². The van der Waals surface area contributed by atoms with Crippen LogP contribution in [-0.4, -0.2) is 36.5 Å². The predicted octanol–water partition coefficient (Wildman–Crippen LogP) is 3.16. The molecule has 1 aromatic rings. The highest BCUT2D eigenvalue weighted by atomic mass is 19.4. The molecule has 21 heavy (non-hydrogen) atoms. The number of benzene rings is 1. The van der Waals surface area contributed by atoms with E-state index in [-0.39, 0.29) is 24.2 Å². The van der Waals surface area contributed by atoms with Crippen LogP contribution in [0.3, 0.4) is 0 Å². The molecule has 0 aliphatic carbocycles. The van der Waals surface area contributed by atoms with Gasteiger partial charge in [-0.1, -0.05) is 18.7 Å². The van der Waals surface area contributed by atoms with Gasteiger partial charge in [0, 0.05) is 24.8 Å². The first kappa shape index (κ1) is 15.6. The van der Waals surface area contributed by atoms with Crippen molar-refractivity contribution in [2.24, 2.45) is 0 Å². The third-order valence-corrected chi connectivity index (χ3v) is 3.59. The summed E-state index contributed by atoms with van der Waals surface area (Å²) in [6.07, 6.45) is -3.22. The molecule has 0 aromatic heterocycles. The van der Waals surface area contributed by atoms with Gasteiger partial charge in [0.1, 0.15) is 0 Å². The molecule has 116 valence electrons. The molecule has 7 heteroatoms. The lowest BCUT2D eigenvalue weighted by molar-refractivity contribution is -0.137. The van der Waals surface area contributed by atoms with Crippen LogP contribution in [0, 0.1) is 0 Å². The summed E-state index contributed by atoms with van der Waals surface area (Å²) in [6, 6.07) is 5.31. The first-order chi connectivity index (χ1) is 9.91. The number of hydrogen-bond acceptors (Lipinski definition) is 2. The molecule has 0 radical (unpaired) electrons. The van der Waals surface area contributed by atoms with E-state index in [9.17, 15) is 18.0 Å². The van der Waals surface area contributed by atoms with Gasteiger partial charge in [-0.3, -0.25) is 4.79 Å². The Labute approximate surface area is 121 Å². The predicted molar refractivity (Wildman–Crippen MR) is 73.9 cm³/mol. The van der Waals surface area contributed by atoms with Crippen LogP contribution < -0.4 is 5.32 Å². The lowest BCUT2D eigenvalue weighted by atomic mass is 10.0. The van der Waals surface area contributed by atoms with Crippen molar-refractivity contribution in [1.82, 2.24) is 4.90 Å². The van der Waals surface area contributed by atoms with E-state index in [4.69, 9.17) is 5.73 Å². The van der Waals surface area contributed by atoms with Crippen molar-refractivity contribution in [2.45, 2.75) is 25.1 Å². The molecule has 4 nitrogen and oxygen atoms in total. The molecule has 2 rings (SSSR count). The standard InChI is InChI=1S/C14H17F3N3O/c15-14(16,17)11-3-1-2-4-12(11)19-10-5-7-20(8-6-10)13(21)9-18/h1-4,10,18-19H,5-9H2/q-1. The molecule has 0 spiro atoms. The highest BCUT2D eigenvalue weighted by Gasteiger charge is 2.34. The van der Waals surface area contributed by atoms with Gasteiger partial charge in [0.15, 0.2) is 0 Å². The third-order valence-electron chi connectivity index (χ3n) is 3.59. The maximum absolute atomic E-state index is 12.9. The number of piperidine rings is 1. The molecule has 1 saturated heterocycles. The molecule has 2 N–H and O–H groups in total. The second-order valence-corrected chi connectivity index (χ2v) is 5.02. The lowest BCUT2D eigenvalue weighted by Gasteiger charge is -2.34. The topological polar surface area (TPSA) is 56.1 Å². The number of rotatable bonds is 3. The minimum absolute atomic E-state index is 0.0790. The average Bonchev–Trinajstić information content (AvgIpc) is 2.47. The number of carbonyl (C=O) groups is 1. The van der Waals surface area contributed by atoms with Crippen LogP contribution in [0.5, 0.6) is 0 Å². The van der Waals surface area contributed by atoms with E-state index < -0.39 is 11.7 Å². The number of alkyl halides is 3. The van der Waals surface area contributed by atoms with Gasteiger partial charge >= 0.3 is 6.18 Å². The average molecular weight is 300 g/mol. The Hall–Kier alpha value is -1.76. The van der Waals surface area contributed by atoms with Crippen LogP contribution in [0.2, 0.25) is 0 Å². The van der Waals surface area contributed by atoms with E-state index in [0.717, 1.165) is 6.07 Å². The van der Waals surface area contributed by atoms with Crippen molar-refractivity contribution in [3.8, 4) is 0 Å². The maximum atomic E-state index is 12.9. The quantitative estimate of drug-likeness (QED) is 0.932. The van der Waals surface area contributed by atoms with Crippen molar-refractivity contribution in [1.29, 1.82) is 0 Å². The van der Waals surface area contributed by atoms with Gasteiger partial charge in [-0.2, -0.15) is 13.2 Å². The van der Waals surface area contributed by atoms with E-state index in [0.29, 0.717) is 25.9 Å². The van der Waals surface area contributed by atoms with Crippen LogP contribution >= 0.6 is 0 Å². The van der Waals surface area contributed by atoms with Crippen LogP contribution in [0.1, 0.15) is 18.4 Å². The Balaban J connectivity index is 2.00. The summed E-state index contributed by atoms with van der Waals surface area (Å²) in [4.78, 5) is 13.0. The summed E-state index contributed by atoms with van der Waals surface area (Å²) in [5.41, 5.74) is 6.45. The Morgan fingerprint density at radius 2 is 1.90 bits per heavy atom. The summed E-state index contributed by atoms with van der Waals surface area (Å²) >= 11 is 0. The van der Waals surface area contributed by atoms with E-state index in [1.807, 2.05) is 0 Å². The van der Waals surface area contributed by atoms with Crippen molar-refractivity contribution >= 4 is 11.6 Å². The van der Waals surface area contributed by atoms with Crippen molar-refractivity contribution in [3.05, 3.63) is 35.6 Å². The first-order valence-corrected chi connectivity index (χ1v) is 6.77. The van der Waals surface area contributed by atoms with Crippen LogP contribution in [0.4, 0.5) is 18.9 Å². The Bertz CT molecular complexity index is 496. The fourth-order valence-electron chi connectivity index (χ4n) is 2.46. The monoisotopic (exact) mass is 300 g/mol. The molecular formula is C14H17F3N3O-. The number of nitrogens with zero attached hydrogens (tertiary/aromatic N) is 1. The SMILES string of the molecule is [NH-]CC(=O)N1CCC(Nc2ccccc2C(F)(F)F)CC1. The summed E-state index contributed by atoms with van der Waals surface area (Å²) in [6.45, 7) is 0.669. The molecule has 0 atom stereocenters. The summed E-state index contributed by atoms with van der Waals surface area (Å²) in [5, 5.41) is 2.93. The molecule has 0 unspecified atom stereocenters. The van der Waals surface area contributed by atoms with Crippen molar-refractivity contribution in [3.63, 3.8) is 0 Å². The van der Waals surface area contributed by atoms with E-state index in [1.165, 1.54) is 12.1 Å². The lowest BCUT2D eigenvalue weighted by Crippen LogP contribution is -2.43. The molecule has 0 bridgehead atoms. The molecule has 1 amide bonds. The van der Waals surface area contributed by atoms with Gasteiger partial charge < -0.3 is 16.0 Å². The Morgan fingerprint density at radius 3 is 2.48 bits per heavy atom. The summed E-state index contributed by atoms with van der Waals surface area (Å²) < 4.78 is 38.7. The van der Waals surface area contributed by atoms with E-state index in [1.54, 1.807) is 11.0 Å². The Morgan fingerprint density at radius 1 is 1.29 bits per heavy atom. The number of nitrogens with one attached hydrogen (secondary N) is 2. The molecule has 1 heterocycles. The van der Waals surface area contributed by atoms with E-state index >= 15 is 0 Å². The number of para-hydroxylation sites is 1. The fraction of sp³-hybridized carbons (Fsp3) is 0.500. The largest absolute Gasteiger partial charge is 0.670 e. The van der Waals surface area contributed by atoms with Crippen LogP contribution in [-0.2, 0) is 11.0 Å². The zero-order valence-electron chi connectivity index (χ0n) is 11.4. The number of halogens is 3. The first-order valence-electron chi connectivity index (χ1n) is 6.77. The number of anilines is 1. The minimum atomic E-state index is -4.38. The molecule has 1 aromatic carbocycles. The minimum Gasteiger partial charge on any atom is -0.670 e. The second-order valence-electron chi connectivity index (χ2n) is 5.02. The summed E-state index contributed by atoms with van der Waals surface area (Å²) in [5.74, 6) is -0.232. The summed E-state index contributed by atoms with van der Waals surface area (Å²) in [7, 11) is 0. The van der Waals surface area contributed by atoms with Gasteiger partial charge in [-0.25, -0.2) is 0 Å². The van der Waals surface area contributed by atoms with Gasteiger partial charge in [0.2, 0.25) is 5.91 Å². The van der Waals surface area contributed by atoms with Crippen LogP contribution in [0.25, 0.3) is 5.73 Å². The zero-order chi connectivity index (χ0) is 15.5. The number of amides is 1. The highest BCUT2D eigenvalue weighted by molar-refractivity contribution is 5.79. The van der Waals surface area contributed by atoms with E-state index in [2.05, 4.69) is 5.32 Å². The van der Waals surface area contributed by atoms with Gasteiger partial charge in [0.25, 0.3) is 0 Å². The van der Waals surface area contributed by atoms with Gasteiger partial charge in [-0.15, -0.1) is 0 Å². The second kappa shape index (κ2) is 6.34. The molecule has 1 fully saturated rings. The molecule has 1 aliphatic rings. The van der Waals surface area contributed by atoms with Crippen molar-refractivity contribution < 1.29 is 18.0 Å². The maximum Gasteiger partial charge on any atom is 0.418 e. The smallest absolute Gasteiger partial charge is 0.418 e. The zero-order valence-corrected chi connectivity index (χ0v) is 11.4. The molecule has 1 aliphatic heterocycles. The molecular weight excluding hydrogens is 283 g/mol. The Kier molecular flexibility index (Phi) is 4.72. The van der Waals surface area contributed by atoms with Crippen molar-refractivity contribution in [2.75, 3.05) is 25.0 Å². The van der Waals surface area contributed by atoms with Gasteiger partial charge in [-0.05, 0) is 25.0 Å². The number of likely N-dealkylation sites (tertiary alicyclic amines) is 1. The normalized spacial score (nSPS) is 16.9.